The van der Waals surface area contributed by atoms with Crippen LogP contribution in [0.3, 0.4) is 0 Å². The third kappa shape index (κ3) is 8.50. The van der Waals surface area contributed by atoms with Crippen LogP contribution in [0.2, 0.25) is 0 Å². The van der Waals surface area contributed by atoms with Gasteiger partial charge in [0.15, 0.2) is 0 Å². The summed E-state index contributed by atoms with van der Waals surface area (Å²) >= 11 is 0. The molecule has 0 aliphatic rings. The molecule has 0 saturated carbocycles. The Balaban J connectivity index is 1.94. The summed E-state index contributed by atoms with van der Waals surface area (Å²) in [4.78, 5) is 0. The van der Waals surface area contributed by atoms with Gasteiger partial charge in [0.2, 0.25) is 0 Å². The molecule has 0 fully saturated rings. The van der Waals surface area contributed by atoms with Gasteiger partial charge in [0.25, 0.3) is 0 Å². The van der Waals surface area contributed by atoms with Crippen LogP contribution in [-0.4, -0.2) is 6.61 Å². The Bertz CT molecular complexity index is 708. The zero-order chi connectivity index (χ0) is 20.2. The van der Waals surface area contributed by atoms with Crippen LogP contribution in [0.25, 0.3) is 0 Å². The predicted molar refractivity (Wildman–Crippen MR) is 115 cm³/mol. The Morgan fingerprint density at radius 2 is 1.25 bits per heavy atom. The average molecular weight is 404 g/mol. The monoisotopic (exact) mass is 404 g/mol. The Labute approximate surface area is 169 Å². The molecule has 0 N–H and O–H groups in total. The van der Waals surface area contributed by atoms with E-state index >= 15 is 0 Å². The highest BCUT2D eigenvalue weighted by Crippen LogP contribution is 2.50. The molecule has 4 nitrogen and oxygen atoms in total. The van der Waals surface area contributed by atoms with Gasteiger partial charge in [0.1, 0.15) is 11.5 Å². The molecule has 0 saturated heterocycles. The van der Waals surface area contributed by atoms with Gasteiger partial charge in [-0.25, -0.2) is 4.57 Å². The van der Waals surface area contributed by atoms with Gasteiger partial charge >= 0.3 is 7.82 Å². The van der Waals surface area contributed by atoms with Crippen molar-refractivity contribution in [2.45, 2.75) is 65.7 Å². The topological polar surface area (TPSA) is 44.8 Å². The number of aryl methyl sites for hydroxylation is 2. The smallest absolute Gasteiger partial charge is 0.395 e. The normalized spacial score (nSPS) is 11.4. The summed E-state index contributed by atoms with van der Waals surface area (Å²) in [5.41, 5.74) is 2.04. The molecule has 5 heteroatoms. The first-order valence-electron chi connectivity index (χ1n) is 10.3. The molecular weight excluding hydrogens is 371 g/mol. The average Bonchev–Trinajstić information content (AvgIpc) is 2.64. The van der Waals surface area contributed by atoms with Crippen LogP contribution in [0.15, 0.2) is 48.5 Å². The molecule has 0 unspecified atom stereocenters. The molecule has 0 aliphatic carbocycles. The van der Waals surface area contributed by atoms with Crippen LogP contribution in [0, 0.1) is 13.8 Å². The van der Waals surface area contributed by atoms with Crippen molar-refractivity contribution in [3.05, 3.63) is 59.7 Å². The summed E-state index contributed by atoms with van der Waals surface area (Å²) in [7, 11) is -3.77. The van der Waals surface area contributed by atoms with Gasteiger partial charge in [-0.15, -0.1) is 0 Å². The minimum atomic E-state index is -3.77. The summed E-state index contributed by atoms with van der Waals surface area (Å²) in [6.45, 7) is 6.48. The third-order valence-corrected chi connectivity index (χ3v) is 5.78. The van der Waals surface area contributed by atoms with Crippen LogP contribution >= 0.6 is 7.82 Å². The fraction of sp³-hybridized carbons (Fsp3) is 0.478. The van der Waals surface area contributed by atoms with Crippen molar-refractivity contribution in [1.29, 1.82) is 0 Å². The van der Waals surface area contributed by atoms with Gasteiger partial charge in [-0.05, 0) is 55.7 Å². The number of benzene rings is 2. The van der Waals surface area contributed by atoms with Crippen LogP contribution < -0.4 is 9.05 Å². The highest BCUT2D eigenvalue weighted by molar-refractivity contribution is 7.49. The molecule has 0 amide bonds. The van der Waals surface area contributed by atoms with E-state index in [2.05, 4.69) is 6.92 Å². The van der Waals surface area contributed by atoms with Crippen LogP contribution in [-0.2, 0) is 9.09 Å². The Morgan fingerprint density at radius 1 is 0.750 bits per heavy atom. The molecule has 0 atom stereocenters. The van der Waals surface area contributed by atoms with Gasteiger partial charge in [-0.3, -0.25) is 4.52 Å². The SMILES string of the molecule is CCCCCCCCCOP(=O)(Oc1cccc(C)c1)Oc1cccc(C)c1. The first-order chi connectivity index (χ1) is 13.5. The third-order valence-electron chi connectivity index (χ3n) is 4.41. The lowest BCUT2D eigenvalue weighted by molar-refractivity contribution is 0.205. The minimum Gasteiger partial charge on any atom is -0.395 e. The molecule has 0 bridgehead atoms. The quantitative estimate of drug-likeness (QED) is 0.254. The highest BCUT2D eigenvalue weighted by Gasteiger charge is 2.30. The predicted octanol–water partition coefficient (Wildman–Crippen LogP) is 7.64. The number of phosphoric acid groups is 1. The lowest BCUT2D eigenvalue weighted by atomic mass is 10.1. The largest absolute Gasteiger partial charge is 0.587 e. The first-order valence-corrected chi connectivity index (χ1v) is 11.7. The zero-order valence-electron chi connectivity index (χ0n) is 17.4. The number of hydrogen-bond donors (Lipinski definition) is 0. The Kier molecular flexibility index (Phi) is 9.60. The molecule has 0 heterocycles. The molecule has 154 valence electrons. The minimum absolute atomic E-state index is 0.350. The second kappa shape index (κ2) is 11.9. The standard InChI is InChI=1S/C23H33O4P/c1-4-5-6-7-8-9-10-17-25-28(24,26-22-15-11-13-20(2)18-22)27-23-16-12-14-21(3)19-23/h11-16,18-19H,4-10,17H2,1-3H3. The zero-order valence-corrected chi connectivity index (χ0v) is 18.3. The van der Waals surface area contributed by atoms with E-state index in [1.807, 2.05) is 50.2 Å². The Hall–Kier alpha value is -1.77. The van der Waals surface area contributed by atoms with E-state index in [-0.39, 0.29) is 0 Å². The lowest BCUT2D eigenvalue weighted by Gasteiger charge is -2.19. The van der Waals surface area contributed by atoms with Crippen LogP contribution in [0.4, 0.5) is 0 Å². The molecule has 2 aromatic rings. The summed E-state index contributed by atoms with van der Waals surface area (Å²) in [5.74, 6) is 0.964. The van der Waals surface area contributed by atoms with E-state index in [9.17, 15) is 4.57 Å². The highest BCUT2D eigenvalue weighted by atomic mass is 31.2. The van der Waals surface area contributed by atoms with Crippen LogP contribution in [0.1, 0.15) is 63.0 Å². The lowest BCUT2D eigenvalue weighted by Crippen LogP contribution is -2.06. The molecule has 2 rings (SSSR count). The van der Waals surface area contributed by atoms with Crippen molar-refractivity contribution in [3.8, 4) is 11.5 Å². The van der Waals surface area contributed by atoms with Crippen molar-refractivity contribution in [1.82, 2.24) is 0 Å². The fourth-order valence-corrected chi connectivity index (χ4v) is 4.15. The maximum absolute atomic E-state index is 13.3. The van der Waals surface area contributed by atoms with E-state index in [1.54, 1.807) is 12.1 Å². The second-order valence-electron chi connectivity index (χ2n) is 7.22. The summed E-state index contributed by atoms with van der Waals surface area (Å²) in [6, 6.07) is 14.8. The van der Waals surface area contributed by atoms with Gasteiger partial charge in [0, 0.05) is 0 Å². The first kappa shape index (κ1) is 22.5. The second-order valence-corrected chi connectivity index (χ2v) is 8.74. The van der Waals surface area contributed by atoms with Crippen molar-refractivity contribution in [3.63, 3.8) is 0 Å². The van der Waals surface area contributed by atoms with Crippen molar-refractivity contribution in [2.75, 3.05) is 6.61 Å². The fourth-order valence-electron chi connectivity index (χ4n) is 2.91. The van der Waals surface area contributed by atoms with Crippen LogP contribution in [0.5, 0.6) is 11.5 Å². The van der Waals surface area contributed by atoms with Gasteiger partial charge < -0.3 is 9.05 Å². The number of hydrogen-bond acceptors (Lipinski definition) is 4. The molecule has 0 aliphatic heterocycles. The summed E-state index contributed by atoms with van der Waals surface area (Å²) < 4.78 is 30.3. The van der Waals surface area contributed by atoms with E-state index < -0.39 is 7.82 Å². The van der Waals surface area contributed by atoms with Crippen molar-refractivity contribution < 1.29 is 18.1 Å². The maximum Gasteiger partial charge on any atom is 0.587 e. The van der Waals surface area contributed by atoms with E-state index in [0.717, 1.165) is 24.0 Å². The summed E-state index contributed by atoms with van der Waals surface area (Å²) in [5, 5.41) is 0. The van der Waals surface area contributed by atoms with E-state index in [1.165, 1.54) is 32.1 Å². The van der Waals surface area contributed by atoms with Gasteiger partial charge in [0.05, 0.1) is 6.61 Å². The molecule has 28 heavy (non-hydrogen) atoms. The molecule has 0 radical (unpaired) electrons. The molecule has 2 aromatic carbocycles. The van der Waals surface area contributed by atoms with Crippen molar-refractivity contribution >= 4 is 7.82 Å². The maximum atomic E-state index is 13.3. The molecular formula is C23H33O4P. The number of phosphoric ester groups is 1. The van der Waals surface area contributed by atoms with Crippen molar-refractivity contribution in [2.24, 2.45) is 0 Å². The Morgan fingerprint density at radius 3 is 1.75 bits per heavy atom. The summed E-state index contributed by atoms with van der Waals surface area (Å²) in [6.07, 6.45) is 8.13. The molecule has 0 aromatic heterocycles. The number of unbranched alkanes of at least 4 members (excludes halogenated alkanes) is 6. The molecule has 0 spiro atoms. The van der Waals surface area contributed by atoms with Gasteiger partial charge in [-0.2, -0.15) is 0 Å². The number of rotatable bonds is 13. The van der Waals surface area contributed by atoms with E-state index in [0.29, 0.717) is 18.1 Å². The van der Waals surface area contributed by atoms with Gasteiger partial charge in [-0.1, -0.05) is 69.7 Å². The van der Waals surface area contributed by atoms with E-state index in [4.69, 9.17) is 13.6 Å².